The van der Waals surface area contributed by atoms with E-state index in [1.807, 2.05) is 98.8 Å². The van der Waals surface area contributed by atoms with Gasteiger partial charge in [-0.25, -0.2) is 4.39 Å². The van der Waals surface area contributed by atoms with Crippen molar-refractivity contribution >= 4 is 34.2 Å². The van der Waals surface area contributed by atoms with Crippen LogP contribution in [-0.4, -0.2) is 45.4 Å². The molecule has 3 fully saturated rings. The molecule has 2 saturated carbocycles. The van der Waals surface area contributed by atoms with Gasteiger partial charge in [0.15, 0.2) is 5.60 Å². The van der Waals surface area contributed by atoms with E-state index in [0.29, 0.717) is 48.5 Å². The number of alkyl halides is 4. The Labute approximate surface area is 433 Å². The number of anilines is 2. The zero-order valence-electron chi connectivity index (χ0n) is 43.2. The maximum absolute atomic E-state index is 17.8. The highest BCUT2D eigenvalue weighted by Crippen LogP contribution is 2.63. The van der Waals surface area contributed by atoms with E-state index >= 15 is 17.6 Å². The minimum absolute atomic E-state index is 0.0516. The zero-order valence-corrected chi connectivity index (χ0v) is 43.2. The number of hydrogen-bond donors (Lipinski definition) is 0. The van der Waals surface area contributed by atoms with Crippen LogP contribution in [0, 0.1) is 37.5 Å². The van der Waals surface area contributed by atoms with Crippen LogP contribution in [0.15, 0.2) is 115 Å². The number of halogens is 4. The first kappa shape index (κ1) is 49.9. The van der Waals surface area contributed by atoms with Gasteiger partial charge in [-0.3, -0.25) is 4.79 Å². The third kappa shape index (κ3) is 8.91. The Hall–Kier alpha value is -6.29. The van der Waals surface area contributed by atoms with E-state index in [9.17, 15) is 4.79 Å². The number of carbonyl (C=O) groups is 1. The molecule has 0 spiro atoms. The SMILES string of the molecule is CCCCCC1CCC(C2CCC(C(=O)Oc3ccc(N4CCN(c5cc6c7c(c8c(c6cc5C)OC(c5ccc(C)cc5)(c5ccc(OC)cc5)C=C8)C(F)(C(F)(F)F)c5ccccc5-7)CC4)cc3)CC2)CC1. The molecular formula is C64H68F4N2O4. The molecule has 0 amide bonds. The number of fused-ring (bicyclic) bond motifs is 8. The van der Waals surface area contributed by atoms with Gasteiger partial charge in [0, 0.05) is 70.8 Å². The van der Waals surface area contributed by atoms with Gasteiger partial charge in [-0.2, -0.15) is 13.2 Å². The highest BCUT2D eigenvalue weighted by molar-refractivity contribution is 6.10. The Bertz CT molecular complexity index is 3040. The van der Waals surface area contributed by atoms with Crippen molar-refractivity contribution in [3.8, 4) is 28.4 Å². The number of esters is 1. The van der Waals surface area contributed by atoms with Crippen molar-refractivity contribution in [3.05, 3.63) is 154 Å². The first-order valence-electron chi connectivity index (χ1n) is 27.2. The minimum Gasteiger partial charge on any atom is -0.497 e. The molecule has 2 heterocycles. The van der Waals surface area contributed by atoms with E-state index in [-0.39, 0.29) is 34.3 Å². The Morgan fingerprint density at radius 1 is 0.730 bits per heavy atom. The predicted octanol–water partition coefficient (Wildman–Crippen LogP) is 16.0. The molecule has 11 rings (SSSR count). The van der Waals surface area contributed by atoms with Crippen LogP contribution in [-0.2, 0) is 16.1 Å². The number of piperazine rings is 1. The van der Waals surface area contributed by atoms with Crippen molar-refractivity contribution in [2.75, 3.05) is 43.1 Å². The molecule has 2 aliphatic heterocycles. The second-order valence-electron chi connectivity index (χ2n) is 21.9. The summed E-state index contributed by atoms with van der Waals surface area (Å²) in [7, 11) is 1.59. The molecule has 2 unspecified atom stereocenters. The molecule has 74 heavy (non-hydrogen) atoms. The number of hydrogen-bond acceptors (Lipinski definition) is 6. The summed E-state index contributed by atoms with van der Waals surface area (Å²) in [5, 5.41) is 1.10. The van der Waals surface area contributed by atoms with Crippen molar-refractivity contribution in [1.82, 2.24) is 0 Å². The standard InChI is InChI=1S/C64H68F4N2O4/c1-5-6-7-10-43-15-17-44(18-16-43)45-19-21-46(22-20-45)61(71)73-51-31-27-49(28-32-51)69-35-37-70(38-36-69)57-40-54-55(39-42(57)3)60-53(59-58(54)52-11-8-9-12-56(52)63(59,65)64(66,67)68)33-34-62(74-60,47-23-13-41(2)14-24-47)48-25-29-50(72-4)30-26-48/h8-9,11-14,23-34,39-40,43-46H,5-7,10,15-22,35-38H2,1-4H3. The number of ether oxygens (including phenoxy) is 3. The molecule has 10 heteroatoms. The van der Waals surface area contributed by atoms with Crippen molar-refractivity contribution in [2.24, 2.45) is 23.7 Å². The molecule has 0 N–H and O–H groups in total. The summed E-state index contributed by atoms with van der Waals surface area (Å²) in [6.45, 7) is 8.93. The van der Waals surface area contributed by atoms with Gasteiger partial charge in [-0.15, -0.1) is 0 Å². The van der Waals surface area contributed by atoms with E-state index < -0.39 is 28.6 Å². The van der Waals surface area contributed by atoms with E-state index in [1.54, 1.807) is 31.4 Å². The Morgan fingerprint density at radius 2 is 1.35 bits per heavy atom. The fraction of sp³-hybridized carbons (Fsp3) is 0.422. The molecule has 386 valence electrons. The summed E-state index contributed by atoms with van der Waals surface area (Å²) < 4.78 is 83.5. The third-order valence-electron chi connectivity index (χ3n) is 17.6. The topological polar surface area (TPSA) is 51.2 Å². The van der Waals surface area contributed by atoms with Gasteiger partial charge in [0.2, 0.25) is 0 Å². The number of carbonyl (C=O) groups excluding carboxylic acids is 1. The first-order chi connectivity index (χ1) is 35.8. The third-order valence-corrected chi connectivity index (χ3v) is 17.6. The molecule has 0 aromatic heterocycles. The quantitative estimate of drug-likeness (QED) is 0.0527. The van der Waals surface area contributed by atoms with Crippen LogP contribution in [0.2, 0.25) is 0 Å². The molecule has 3 aliphatic carbocycles. The van der Waals surface area contributed by atoms with Gasteiger partial charge in [0.1, 0.15) is 17.2 Å². The van der Waals surface area contributed by atoms with E-state index in [0.717, 1.165) is 77.1 Å². The van der Waals surface area contributed by atoms with Gasteiger partial charge in [-0.1, -0.05) is 118 Å². The first-order valence-corrected chi connectivity index (χ1v) is 27.2. The molecule has 6 aromatic carbocycles. The van der Waals surface area contributed by atoms with Gasteiger partial charge < -0.3 is 24.0 Å². The molecule has 5 aliphatic rings. The lowest BCUT2D eigenvalue weighted by atomic mass is 9.68. The summed E-state index contributed by atoms with van der Waals surface area (Å²) in [4.78, 5) is 18.0. The van der Waals surface area contributed by atoms with Gasteiger partial charge in [0.05, 0.1) is 13.0 Å². The van der Waals surface area contributed by atoms with Gasteiger partial charge in [0.25, 0.3) is 5.67 Å². The lowest BCUT2D eigenvalue weighted by Crippen LogP contribution is -2.46. The summed E-state index contributed by atoms with van der Waals surface area (Å²) >= 11 is 0. The van der Waals surface area contributed by atoms with E-state index in [4.69, 9.17) is 14.2 Å². The van der Waals surface area contributed by atoms with E-state index in [1.165, 1.54) is 63.5 Å². The summed E-state index contributed by atoms with van der Waals surface area (Å²) in [5.74, 6) is 3.70. The van der Waals surface area contributed by atoms with Crippen molar-refractivity contribution in [1.29, 1.82) is 0 Å². The normalized spacial score (nSPS) is 24.5. The van der Waals surface area contributed by atoms with Gasteiger partial charge in [-0.05, 0) is 147 Å². The van der Waals surface area contributed by atoms with E-state index in [2.05, 4.69) is 16.7 Å². The van der Waals surface area contributed by atoms with Crippen LogP contribution < -0.4 is 24.0 Å². The monoisotopic (exact) mass is 1000 g/mol. The van der Waals surface area contributed by atoms with Crippen molar-refractivity contribution in [2.45, 2.75) is 115 Å². The van der Waals surface area contributed by atoms with Crippen LogP contribution in [0.3, 0.4) is 0 Å². The highest BCUT2D eigenvalue weighted by Gasteiger charge is 2.64. The van der Waals surface area contributed by atoms with Crippen molar-refractivity contribution < 1.29 is 36.6 Å². The number of unbranched alkanes of at least 4 members (excludes halogenated alkanes) is 2. The van der Waals surface area contributed by atoms with Gasteiger partial charge >= 0.3 is 12.1 Å². The Morgan fingerprint density at radius 3 is 2.00 bits per heavy atom. The van der Waals surface area contributed by atoms with Crippen LogP contribution in [0.4, 0.5) is 28.9 Å². The molecule has 6 aromatic rings. The fourth-order valence-corrected chi connectivity index (χ4v) is 13.4. The Balaban J connectivity index is 0.837. The maximum atomic E-state index is 17.8. The number of methoxy groups -OCH3 is 1. The zero-order chi connectivity index (χ0) is 51.4. The predicted molar refractivity (Wildman–Crippen MR) is 288 cm³/mol. The number of benzene rings is 6. The lowest BCUT2D eigenvalue weighted by Gasteiger charge is -2.39. The number of rotatable bonds is 12. The maximum Gasteiger partial charge on any atom is 0.431 e. The summed E-state index contributed by atoms with van der Waals surface area (Å²) in [5.41, 5.74) is -0.0694. The van der Waals surface area contributed by atoms with Crippen molar-refractivity contribution in [3.63, 3.8) is 0 Å². The summed E-state index contributed by atoms with van der Waals surface area (Å²) in [6, 6.07) is 33.1. The molecule has 6 nitrogen and oxygen atoms in total. The molecule has 0 radical (unpaired) electrons. The second kappa shape index (κ2) is 20.1. The molecule has 0 bridgehead atoms. The smallest absolute Gasteiger partial charge is 0.431 e. The largest absolute Gasteiger partial charge is 0.497 e. The molecule has 2 atom stereocenters. The fourth-order valence-electron chi connectivity index (χ4n) is 13.4. The summed E-state index contributed by atoms with van der Waals surface area (Å²) in [6.07, 6.45) is 13.1. The van der Waals surface area contributed by atoms with Crippen LogP contribution in [0.1, 0.15) is 123 Å². The molecule has 1 saturated heterocycles. The van der Waals surface area contributed by atoms with Crippen LogP contribution in [0.5, 0.6) is 17.2 Å². The lowest BCUT2D eigenvalue weighted by molar-refractivity contribution is -0.217. The Kier molecular flexibility index (Phi) is 13.6. The number of aryl methyl sites for hydroxylation is 2. The highest BCUT2D eigenvalue weighted by atomic mass is 19.4. The van der Waals surface area contributed by atoms with Crippen LogP contribution >= 0.6 is 0 Å². The average molecular weight is 1010 g/mol. The second-order valence-corrected chi connectivity index (χ2v) is 21.9. The minimum atomic E-state index is -5.28. The number of nitrogens with zero attached hydrogens (tertiary/aromatic N) is 2. The van der Waals surface area contributed by atoms with Crippen LogP contribution in [0.25, 0.3) is 28.0 Å². The average Bonchev–Trinajstić information content (AvgIpc) is 3.72. The molecular weight excluding hydrogens is 937 g/mol.